The first-order valence-corrected chi connectivity index (χ1v) is 11.1. The maximum absolute atomic E-state index is 11.0. The first-order chi connectivity index (χ1) is 7.85. The molecule has 0 unspecified atom stereocenters. The molecule has 1 atom stereocenters. The highest BCUT2D eigenvalue weighted by Crippen LogP contribution is 2.18. The fraction of sp³-hybridized carbons (Fsp3) is 0.923. The third-order valence-electron chi connectivity index (χ3n) is 2.37. The monoisotopic (exact) mass is 276 g/mol. The summed E-state index contributed by atoms with van der Waals surface area (Å²) in [6, 6.07) is 0. The van der Waals surface area contributed by atoms with Gasteiger partial charge in [-0.25, -0.2) is 0 Å². The quantitative estimate of drug-likeness (QED) is 0.459. The molecule has 0 rings (SSSR count). The van der Waals surface area contributed by atoms with Gasteiger partial charge in [0.1, 0.15) is 0 Å². The van der Waals surface area contributed by atoms with Crippen molar-refractivity contribution in [1.29, 1.82) is 0 Å². The highest BCUT2D eigenvalue weighted by atomic mass is 32.2. The van der Waals surface area contributed by atoms with E-state index in [4.69, 9.17) is 4.43 Å². The van der Waals surface area contributed by atoms with Crippen molar-refractivity contribution in [2.24, 2.45) is 0 Å². The van der Waals surface area contributed by atoms with Gasteiger partial charge in [-0.2, -0.15) is 0 Å². The molecule has 0 spiro atoms. The van der Waals surface area contributed by atoms with Gasteiger partial charge >= 0.3 is 0 Å². The second-order valence-electron chi connectivity index (χ2n) is 5.50. The van der Waals surface area contributed by atoms with Crippen LogP contribution in [0.25, 0.3) is 0 Å². The number of thioether (sulfide) groups is 1. The molecule has 0 aromatic rings. The summed E-state index contributed by atoms with van der Waals surface area (Å²) in [5.74, 6) is 0.825. The Balaban J connectivity index is 3.97. The van der Waals surface area contributed by atoms with E-state index in [1.165, 1.54) is 37.4 Å². The third kappa shape index (κ3) is 12.4. The number of carbonyl (C=O) groups excluding carboxylic acids is 1. The molecular weight excluding hydrogens is 248 g/mol. The summed E-state index contributed by atoms with van der Waals surface area (Å²) in [5.41, 5.74) is 0. The van der Waals surface area contributed by atoms with E-state index in [0.29, 0.717) is 0 Å². The molecule has 0 aromatic carbocycles. The molecule has 102 valence electrons. The van der Waals surface area contributed by atoms with Gasteiger partial charge in [0.15, 0.2) is 13.4 Å². The summed E-state index contributed by atoms with van der Waals surface area (Å²) in [5, 5.41) is 0.197. The SMILES string of the molecule is CCCCCC[C@@H](CSC(C)=O)O[Si](C)(C)C. The maximum atomic E-state index is 11.0. The van der Waals surface area contributed by atoms with Crippen molar-refractivity contribution in [2.75, 3.05) is 5.75 Å². The molecule has 17 heavy (non-hydrogen) atoms. The van der Waals surface area contributed by atoms with Crippen LogP contribution in [0.15, 0.2) is 0 Å². The average molecular weight is 277 g/mol. The van der Waals surface area contributed by atoms with Crippen molar-refractivity contribution in [1.82, 2.24) is 0 Å². The Bertz CT molecular complexity index is 214. The lowest BCUT2D eigenvalue weighted by atomic mass is 10.1. The van der Waals surface area contributed by atoms with E-state index in [9.17, 15) is 4.79 Å². The van der Waals surface area contributed by atoms with Crippen LogP contribution in [-0.2, 0) is 9.22 Å². The minimum Gasteiger partial charge on any atom is -0.414 e. The van der Waals surface area contributed by atoms with Crippen LogP contribution >= 0.6 is 11.8 Å². The van der Waals surface area contributed by atoms with Gasteiger partial charge in [-0.3, -0.25) is 4.79 Å². The molecule has 4 heteroatoms. The Labute approximate surface area is 112 Å². The molecule has 0 fully saturated rings. The summed E-state index contributed by atoms with van der Waals surface area (Å²) >= 11 is 1.40. The molecule has 0 aliphatic carbocycles. The van der Waals surface area contributed by atoms with Crippen molar-refractivity contribution in [3.63, 3.8) is 0 Å². The average Bonchev–Trinajstić information content (AvgIpc) is 2.18. The van der Waals surface area contributed by atoms with Gasteiger partial charge < -0.3 is 4.43 Å². The zero-order valence-corrected chi connectivity index (χ0v) is 13.9. The third-order valence-corrected chi connectivity index (χ3v) is 4.36. The lowest BCUT2D eigenvalue weighted by Crippen LogP contribution is -2.33. The van der Waals surface area contributed by atoms with Gasteiger partial charge in [-0.1, -0.05) is 44.4 Å². The second-order valence-corrected chi connectivity index (χ2v) is 11.2. The summed E-state index contributed by atoms with van der Waals surface area (Å²) in [6.07, 6.45) is 6.45. The van der Waals surface area contributed by atoms with Crippen LogP contribution in [0.1, 0.15) is 46.0 Å². The minimum atomic E-state index is -1.49. The van der Waals surface area contributed by atoms with E-state index in [1.54, 1.807) is 6.92 Å². The van der Waals surface area contributed by atoms with Gasteiger partial charge in [0.2, 0.25) is 0 Å². The van der Waals surface area contributed by atoms with Crippen LogP contribution in [0.3, 0.4) is 0 Å². The van der Waals surface area contributed by atoms with Crippen LogP contribution in [0.2, 0.25) is 19.6 Å². The molecule has 0 aromatic heterocycles. The Morgan fingerprint density at radius 3 is 2.35 bits per heavy atom. The van der Waals surface area contributed by atoms with Gasteiger partial charge in [-0.05, 0) is 26.1 Å². The first kappa shape index (κ1) is 17.2. The molecule has 0 saturated carbocycles. The molecule has 0 aliphatic heterocycles. The number of hydrogen-bond donors (Lipinski definition) is 0. The van der Waals surface area contributed by atoms with Crippen molar-refractivity contribution in [2.45, 2.75) is 71.7 Å². The van der Waals surface area contributed by atoms with Gasteiger partial charge in [-0.15, -0.1) is 0 Å². The summed E-state index contributed by atoms with van der Waals surface area (Å²) in [4.78, 5) is 11.0. The van der Waals surface area contributed by atoms with Crippen LogP contribution in [0.4, 0.5) is 0 Å². The molecule has 0 bridgehead atoms. The van der Waals surface area contributed by atoms with Crippen LogP contribution in [0.5, 0.6) is 0 Å². The van der Waals surface area contributed by atoms with E-state index >= 15 is 0 Å². The van der Waals surface area contributed by atoms with E-state index in [1.807, 2.05) is 0 Å². The van der Waals surface area contributed by atoms with Crippen LogP contribution in [-0.4, -0.2) is 25.3 Å². The number of hydrogen-bond acceptors (Lipinski definition) is 3. The lowest BCUT2D eigenvalue weighted by molar-refractivity contribution is -0.109. The van der Waals surface area contributed by atoms with Crippen molar-refractivity contribution >= 4 is 25.2 Å². The summed E-state index contributed by atoms with van der Waals surface area (Å²) < 4.78 is 6.13. The highest BCUT2D eigenvalue weighted by Gasteiger charge is 2.21. The molecule has 0 radical (unpaired) electrons. The molecule has 0 aliphatic rings. The van der Waals surface area contributed by atoms with Gasteiger partial charge in [0.25, 0.3) is 0 Å². The smallest absolute Gasteiger partial charge is 0.185 e. The highest BCUT2D eigenvalue weighted by molar-refractivity contribution is 8.13. The fourth-order valence-electron chi connectivity index (χ4n) is 1.69. The zero-order chi connectivity index (χ0) is 13.3. The van der Waals surface area contributed by atoms with E-state index in [2.05, 4.69) is 26.6 Å². The molecule has 2 nitrogen and oxygen atoms in total. The predicted octanol–water partition coefficient (Wildman–Crippen LogP) is 4.46. The first-order valence-electron chi connectivity index (χ1n) is 6.66. The minimum absolute atomic E-state index is 0.197. The summed E-state index contributed by atoms with van der Waals surface area (Å²) in [7, 11) is -1.49. The Morgan fingerprint density at radius 1 is 1.24 bits per heavy atom. The van der Waals surface area contributed by atoms with Crippen molar-refractivity contribution in [3.8, 4) is 0 Å². The van der Waals surface area contributed by atoms with Crippen LogP contribution in [0, 0.1) is 0 Å². The van der Waals surface area contributed by atoms with E-state index < -0.39 is 8.32 Å². The summed E-state index contributed by atoms with van der Waals surface area (Å²) in [6.45, 7) is 10.5. The molecule has 0 saturated heterocycles. The molecule has 0 N–H and O–H groups in total. The van der Waals surface area contributed by atoms with Crippen LogP contribution < -0.4 is 0 Å². The topological polar surface area (TPSA) is 26.3 Å². The zero-order valence-electron chi connectivity index (χ0n) is 12.0. The molecule has 0 heterocycles. The van der Waals surface area contributed by atoms with E-state index in [0.717, 1.165) is 12.2 Å². The number of unbranched alkanes of at least 4 members (excludes halogenated alkanes) is 3. The van der Waals surface area contributed by atoms with Crippen molar-refractivity contribution in [3.05, 3.63) is 0 Å². The largest absolute Gasteiger partial charge is 0.414 e. The van der Waals surface area contributed by atoms with E-state index in [-0.39, 0.29) is 11.2 Å². The maximum Gasteiger partial charge on any atom is 0.185 e. The standard InChI is InChI=1S/C13H28O2SSi/c1-6-7-8-9-10-13(11-16-12(2)14)15-17(3,4)5/h13H,6-11H2,1-5H3/t13-/m0/s1. The molecular formula is C13H28O2SSi. The predicted molar refractivity (Wildman–Crippen MR) is 80.1 cm³/mol. The van der Waals surface area contributed by atoms with Gasteiger partial charge in [0, 0.05) is 12.7 Å². The second kappa shape index (κ2) is 9.17. The Kier molecular flexibility index (Phi) is 9.28. The van der Waals surface area contributed by atoms with Crippen molar-refractivity contribution < 1.29 is 9.22 Å². The van der Waals surface area contributed by atoms with Gasteiger partial charge in [0.05, 0.1) is 6.10 Å². The lowest BCUT2D eigenvalue weighted by Gasteiger charge is -2.26. The molecule has 0 amide bonds. The number of rotatable bonds is 9. The normalized spacial score (nSPS) is 13.7. The number of carbonyl (C=O) groups is 1. The Hall–Kier alpha value is 0.197. The Morgan fingerprint density at radius 2 is 1.88 bits per heavy atom. The fourth-order valence-corrected chi connectivity index (χ4v) is 3.66.